The van der Waals surface area contributed by atoms with Gasteiger partial charge in [0, 0.05) is 58.4 Å². The van der Waals surface area contributed by atoms with E-state index in [0.29, 0.717) is 61.6 Å². The Morgan fingerprint density at radius 1 is 0.586 bits per heavy atom. The maximum absolute atomic E-state index is 12.4. The van der Waals surface area contributed by atoms with E-state index in [1.165, 1.54) is 64.2 Å². The van der Waals surface area contributed by atoms with Gasteiger partial charge in [-0.3, -0.25) is 9.59 Å². The number of carbonyl (C=O) groups excluding carboxylic acids is 2. The molecule has 0 saturated carbocycles. The van der Waals surface area contributed by atoms with Crippen LogP contribution in [0.2, 0.25) is 0 Å². The highest BCUT2D eigenvalue weighted by atomic mass is 16.7. The molecule has 0 aromatic rings. The molecule has 58 heavy (non-hydrogen) atoms. The molecule has 0 aromatic carbocycles. The van der Waals surface area contributed by atoms with Crippen LogP contribution in [-0.2, 0) is 28.5 Å². The van der Waals surface area contributed by atoms with Gasteiger partial charge in [-0.1, -0.05) is 132 Å². The van der Waals surface area contributed by atoms with Crippen LogP contribution in [0.4, 0.5) is 0 Å². The molecule has 2 fully saturated rings. The highest BCUT2D eigenvalue weighted by molar-refractivity contribution is 5.69. The van der Waals surface area contributed by atoms with Crippen LogP contribution in [0.5, 0.6) is 0 Å². The number of likely N-dealkylation sites (N-methyl/N-ethyl adjacent to an activating group) is 1. The first-order chi connectivity index (χ1) is 27.8. The second kappa shape index (κ2) is 31.6. The molecule has 2 aliphatic heterocycles. The minimum absolute atomic E-state index is 0.0178. The molecule has 2 heterocycles. The van der Waals surface area contributed by atoms with Crippen LogP contribution in [0.15, 0.2) is 0 Å². The molecule has 3 atom stereocenters. The average Bonchev–Trinajstić information content (AvgIpc) is 3.58. The van der Waals surface area contributed by atoms with Crippen LogP contribution >= 0.6 is 0 Å². The summed E-state index contributed by atoms with van der Waals surface area (Å²) in [4.78, 5) is 29.8. The molecule has 3 unspecified atom stereocenters. The van der Waals surface area contributed by atoms with E-state index in [4.69, 9.17) is 18.9 Å². The van der Waals surface area contributed by atoms with Gasteiger partial charge in [-0.05, 0) is 87.5 Å². The van der Waals surface area contributed by atoms with Crippen molar-refractivity contribution >= 4 is 11.9 Å². The number of unbranched alkanes of at least 4 members (excludes halogenated alkanes) is 12. The van der Waals surface area contributed by atoms with Crippen LogP contribution in [0.25, 0.3) is 0 Å². The van der Waals surface area contributed by atoms with Gasteiger partial charge in [0.2, 0.25) is 0 Å². The molecule has 0 radical (unpaired) electrons. The van der Waals surface area contributed by atoms with Crippen molar-refractivity contribution in [3.63, 3.8) is 0 Å². The number of carbonyl (C=O) groups is 2. The Balaban J connectivity index is 1.63. The van der Waals surface area contributed by atoms with E-state index < -0.39 is 5.79 Å². The third-order valence-electron chi connectivity index (χ3n) is 13.2. The molecular weight excluding hydrogens is 725 g/mol. The highest BCUT2D eigenvalue weighted by Gasteiger charge is 2.40. The largest absolute Gasteiger partial charge is 0.465 e. The lowest BCUT2D eigenvalue weighted by Gasteiger charge is -2.33. The standard InChI is InChI=1S/C50H96N2O6/c1-41(2)26-28-45(43(5)6)38-55-48(53)24-20-16-12-10-14-18-22-31-50(57-40-47(58-50)30-33-52-36-34-51(9)35-37-52)32-23-19-15-11-13-17-21-25-49(54)56-39-46(44(7)8)29-27-42(3)4/h41-47H,10-40H2,1-9H3. The summed E-state index contributed by atoms with van der Waals surface area (Å²) in [6, 6.07) is 0. The van der Waals surface area contributed by atoms with Gasteiger partial charge in [0.15, 0.2) is 5.79 Å². The van der Waals surface area contributed by atoms with E-state index in [1.807, 2.05) is 0 Å². The summed E-state index contributed by atoms with van der Waals surface area (Å²) in [5.74, 6) is 2.97. The van der Waals surface area contributed by atoms with E-state index in [1.54, 1.807) is 0 Å². The molecule has 2 saturated heterocycles. The lowest BCUT2D eigenvalue weighted by Crippen LogP contribution is -2.45. The number of hydrogen-bond acceptors (Lipinski definition) is 8. The first kappa shape index (κ1) is 52.9. The number of nitrogens with zero attached hydrogens (tertiary/aromatic N) is 2. The zero-order chi connectivity index (χ0) is 42.6. The Morgan fingerprint density at radius 3 is 1.41 bits per heavy atom. The molecule has 2 rings (SSSR count). The lowest BCUT2D eigenvalue weighted by atomic mass is 9.89. The van der Waals surface area contributed by atoms with Gasteiger partial charge in [0.05, 0.1) is 25.9 Å². The Bertz CT molecular complexity index is 968. The first-order valence-corrected chi connectivity index (χ1v) is 24.8. The summed E-state index contributed by atoms with van der Waals surface area (Å²) in [6.45, 7) is 25.6. The summed E-state index contributed by atoms with van der Waals surface area (Å²) in [5.41, 5.74) is 0. The second-order valence-electron chi connectivity index (χ2n) is 20.2. The summed E-state index contributed by atoms with van der Waals surface area (Å²) in [5, 5.41) is 0. The maximum atomic E-state index is 12.4. The molecule has 0 spiro atoms. The average molecular weight is 821 g/mol. The number of rotatable bonds is 35. The monoisotopic (exact) mass is 821 g/mol. The second-order valence-corrected chi connectivity index (χ2v) is 20.2. The van der Waals surface area contributed by atoms with Crippen LogP contribution in [0, 0.1) is 35.5 Å². The molecule has 0 bridgehead atoms. The van der Waals surface area contributed by atoms with Crippen molar-refractivity contribution in [1.82, 2.24) is 9.80 Å². The third-order valence-corrected chi connectivity index (χ3v) is 13.2. The van der Waals surface area contributed by atoms with Crippen molar-refractivity contribution in [1.29, 1.82) is 0 Å². The molecule has 0 N–H and O–H groups in total. The van der Waals surface area contributed by atoms with E-state index in [0.717, 1.165) is 110 Å². The summed E-state index contributed by atoms with van der Waals surface area (Å²) >= 11 is 0. The van der Waals surface area contributed by atoms with Gasteiger partial charge in [0.1, 0.15) is 0 Å². The number of hydrogen-bond donors (Lipinski definition) is 0. The van der Waals surface area contributed by atoms with E-state index >= 15 is 0 Å². The predicted molar refractivity (Wildman–Crippen MR) is 242 cm³/mol. The summed E-state index contributed by atoms with van der Waals surface area (Å²) < 4.78 is 24.8. The fourth-order valence-corrected chi connectivity index (χ4v) is 8.50. The Hall–Kier alpha value is -1.22. The van der Waals surface area contributed by atoms with Crippen molar-refractivity contribution < 1.29 is 28.5 Å². The smallest absolute Gasteiger partial charge is 0.305 e. The van der Waals surface area contributed by atoms with Crippen LogP contribution in [-0.4, -0.2) is 93.2 Å². The number of piperazine rings is 1. The van der Waals surface area contributed by atoms with Gasteiger partial charge in [0.25, 0.3) is 0 Å². The predicted octanol–water partition coefficient (Wildman–Crippen LogP) is 12.3. The fraction of sp³-hybridized carbons (Fsp3) is 0.960. The Kier molecular flexibility index (Phi) is 28.8. The van der Waals surface area contributed by atoms with Gasteiger partial charge < -0.3 is 28.7 Å². The summed E-state index contributed by atoms with van der Waals surface area (Å²) in [7, 11) is 2.22. The SMILES string of the molecule is CC(C)CCC(COC(=O)CCCCCCCCCC1(CCCCCCCCCC(=O)OCC(CCC(C)C)C(C)C)OCC(CCN2CCN(C)CC2)O1)C(C)C. The van der Waals surface area contributed by atoms with Gasteiger partial charge in [-0.15, -0.1) is 0 Å². The maximum Gasteiger partial charge on any atom is 0.305 e. The van der Waals surface area contributed by atoms with Crippen LogP contribution in [0.3, 0.4) is 0 Å². The molecule has 8 heteroatoms. The van der Waals surface area contributed by atoms with Crippen molar-refractivity contribution in [2.24, 2.45) is 35.5 Å². The minimum atomic E-state index is -0.416. The topological polar surface area (TPSA) is 77.5 Å². The molecule has 342 valence electrons. The Morgan fingerprint density at radius 2 is 1.00 bits per heavy atom. The third kappa shape index (κ3) is 25.5. The van der Waals surface area contributed by atoms with Crippen molar-refractivity contribution in [2.75, 3.05) is 59.6 Å². The van der Waals surface area contributed by atoms with Crippen molar-refractivity contribution in [3.05, 3.63) is 0 Å². The molecule has 2 aliphatic rings. The fourth-order valence-electron chi connectivity index (χ4n) is 8.50. The van der Waals surface area contributed by atoms with Crippen LogP contribution < -0.4 is 0 Å². The number of esters is 2. The molecule has 8 nitrogen and oxygen atoms in total. The molecule has 0 aliphatic carbocycles. The van der Waals surface area contributed by atoms with E-state index in [9.17, 15) is 9.59 Å². The first-order valence-electron chi connectivity index (χ1n) is 24.8. The van der Waals surface area contributed by atoms with Gasteiger partial charge in [-0.2, -0.15) is 0 Å². The molecular formula is C50H96N2O6. The quantitative estimate of drug-likeness (QED) is 0.0462. The summed E-state index contributed by atoms with van der Waals surface area (Å²) in [6.07, 6.45) is 25.1. The molecule has 0 amide bonds. The van der Waals surface area contributed by atoms with Crippen molar-refractivity contribution in [2.45, 2.75) is 215 Å². The minimum Gasteiger partial charge on any atom is -0.465 e. The van der Waals surface area contributed by atoms with Crippen molar-refractivity contribution in [3.8, 4) is 0 Å². The highest BCUT2D eigenvalue weighted by Crippen LogP contribution is 2.36. The van der Waals surface area contributed by atoms with Crippen LogP contribution in [0.1, 0.15) is 203 Å². The van der Waals surface area contributed by atoms with Gasteiger partial charge in [-0.25, -0.2) is 0 Å². The normalized spacial score (nSPS) is 20.5. The van der Waals surface area contributed by atoms with E-state index in [2.05, 4.69) is 72.2 Å². The van der Waals surface area contributed by atoms with Gasteiger partial charge >= 0.3 is 11.9 Å². The lowest BCUT2D eigenvalue weighted by molar-refractivity contribution is -0.180. The zero-order valence-corrected chi connectivity index (χ0v) is 39.8. The zero-order valence-electron chi connectivity index (χ0n) is 39.8. The molecule has 0 aromatic heterocycles. The number of ether oxygens (including phenoxy) is 4. The Labute approximate surface area is 359 Å². The van der Waals surface area contributed by atoms with E-state index in [-0.39, 0.29) is 18.0 Å².